The van der Waals surface area contributed by atoms with Gasteiger partial charge in [0.05, 0.1) is 6.61 Å². The molecule has 0 heterocycles. The van der Waals surface area contributed by atoms with Crippen LogP contribution in [0, 0.1) is 5.92 Å². The molecular weight excluding hydrogens is 212 g/mol. The minimum Gasteiger partial charge on any atom is -0.493 e. The standard InChI is InChI=1S/C15H20O2/c16-15(13-7-3-1-4-8-13)11-12-17-14-9-5-2-6-10-14/h2,5-6,9-10,13H,1,3-4,7-8,11-12H2. The summed E-state index contributed by atoms with van der Waals surface area (Å²) < 4.78 is 5.55. The second kappa shape index (κ2) is 6.43. The Kier molecular flexibility index (Phi) is 4.60. The molecule has 0 atom stereocenters. The van der Waals surface area contributed by atoms with Gasteiger partial charge in [-0.2, -0.15) is 0 Å². The SMILES string of the molecule is O=C(CCOc1ccccc1)C1CCCCC1. The summed E-state index contributed by atoms with van der Waals surface area (Å²) in [7, 11) is 0. The van der Waals surface area contributed by atoms with Crippen molar-refractivity contribution in [1.82, 2.24) is 0 Å². The molecule has 1 aliphatic carbocycles. The molecule has 1 aromatic rings. The molecule has 2 rings (SSSR count). The molecule has 0 radical (unpaired) electrons. The minimum atomic E-state index is 0.308. The number of rotatable bonds is 5. The van der Waals surface area contributed by atoms with Crippen LogP contribution in [-0.2, 0) is 4.79 Å². The van der Waals surface area contributed by atoms with Crippen molar-refractivity contribution < 1.29 is 9.53 Å². The monoisotopic (exact) mass is 232 g/mol. The van der Waals surface area contributed by atoms with E-state index in [9.17, 15) is 4.79 Å². The topological polar surface area (TPSA) is 26.3 Å². The summed E-state index contributed by atoms with van der Waals surface area (Å²) in [4.78, 5) is 11.9. The number of carbonyl (C=O) groups is 1. The predicted octanol–water partition coefficient (Wildman–Crippen LogP) is 3.60. The maximum Gasteiger partial charge on any atom is 0.139 e. The van der Waals surface area contributed by atoms with Crippen molar-refractivity contribution in [2.24, 2.45) is 5.92 Å². The molecule has 0 N–H and O–H groups in total. The smallest absolute Gasteiger partial charge is 0.139 e. The first-order chi connectivity index (χ1) is 8.36. The molecule has 17 heavy (non-hydrogen) atoms. The number of para-hydroxylation sites is 1. The zero-order valence-electron chi connectivity index (χ0n) is 10.2. The van der Waals surface area contributed by atoms with Gasteiger partial charge in [-0.15, -0.1) is 0 Å². The first kappa shape index (κ1) is 12.2. The van der Waals surface area contributed by atoms with Crippen LogP contribution in [0.25, 0.3) is 0 Å². The van der Waals surface area contributed by atoms with Crippen molar-refractivity contribution in [2.45, 2.75) is 38.5 Å². The number of Topliss-reactive ketones (excluding diaryl/α,β-unsaturated/α-hetero) is 1. The Hall–Kier alpha value is -1.31. The van der Waals surface area contributed by atoms with E-state index in [1.165, 1.54) is 19.3 Å². The summed E-state index contributed by atoms with van der Waals surface area (Å²) in [5, 5.41) is 0. The largest absolute Gasteiger partial charge is 0.493 e. The zero-order valence-corrected chi connectivity index (χ0v) is 10.2. The van der Waals surface area contributed by atoms with Crippen LogP contribution in [0.5, 0.6) is 5.75 Å². The van der Waals surface area contributed by atoms with Crippen molar-refractivity contribution in [3.63, 3.8) is 0 Å². The summed E-state index contributed by atoms with van der Waals surface area (Å²) in [6.45, 7) is 0.513. The Labute approximate surface area is 103 Å². The summed E-state index contributed by atoms with van der Waals surface area (Å²) in [5.41, 5.74) is 0. The van der Waals surface area contributed by atoms with E-state index in [1.54, 1.807) is 0 Å². The Morgan fingerprint density at radius 1 is 1.12 bits per heavy atom. The Morgan fingerprint density at radius 3 is 2.53 bits per heavy atom. The molecule has 0 spiro atoms. The normalized spacial score (nSPS) is 16.7. The molecule has 2 nitrogen and oxygen atoms in total. The van der Waals surface area contributed by atoms with Gasteiger partial charge in [0, 0.05) is 12.3 Å². The molecule has 1 fully saturated rings. The fraction of sp³-hybridized carbons (Fsp3) is 0.533. The third kappa shape index (κ3) is 3.88. The van der Waals surface area contributed by atoms with Crippen LogP contribution in [0.4, 0.5) is 0 Å². The van der Waals surface area contributed by atoms with Crippen LogP contribution in [0.1, 0.15) is 38.5 Å². The number of ketones is 1. The Balaban J connectivity index is 1.69. The van der Waals surface area contributed by atoms with Gasteiger partial charge in [-0.05, 0) is 25.0 Å². The van der Waals surface area contributed by atoms with Crippen LogP contribution in [0.2, 0.25) is 0 Å². The highest BCUT2D eigenvalue weighted by molar-refractivity contribution is 5.81. The lowest BCUT2D eigenvalue weighted by Gasteiger charge is -2.20. The lowest BCUT2D eigenvalue weighted by molar-refractivity contribution is -0.124. The molecule has 1 saturated carbocycles. The average Bonchev–Trinajstić information content (AvgIpc) is 2.41. The highest BCUT2D eigenvalue weighted by Gasteiger charge is 2.20. The molecule has 1 aliphatic rings. The van der Waals surface area contributed by atoms with Crippen molar-refractivity contribution in [2.75, 3.05) is 6.61 Å². The van der Waals surface area contributed by atoms with Crippen LogP contribution < -0.4 is 4.74 Å². The van der Waals surface area contributed by atoms with E-state index < -0.39 is 0 Å². The summed E-state index contributed by atoms with van der Waals surface area (Å²) in [6.07, 6.45) is 6.46. The molecule has 0 saturated heterocycles. The van der Waals surface area contributed by atoms with Gasteiger partial charge in [-0.1, -0.05) is 37.5 Å². The quantitative estimate of drug-likeness (QED) is 0.775. The molecule has 1 aromatic carbocycles. The first-order valence-electron chi connectivity index (χ1n) is 6.57. The molecule has 0 amide bonds. The van der Waals surface area contributed by atoms with Crippen LogP contribution in [0.3, 0.4) is 0 Å². The predicted molar refractivity (Wildman–Crippen MR) is 68.1 cm³/mol. The van der Waals surface area contributed by atoms with E-state index in [2.05, 4.69) is 0 Å². The Morgan fingerprint density at radius 2 is 1.82 bits per heavy atom. The van der Waals surface area contributed by atoms with Crippen LogP contribution in [0.15, 0.2) is 30.3 Å². The average molecular weight is 232 g/mol. The third-order valence-electron chi connectivity index (χ3n) is 3.42. The first-order valence-corrected chi connectivity index (χ1v) is 6.57. The highest BCUT2D eigenvalue weighted by Crippen LogP contribution is 2.25. The summed E-state index contributed by atoms with van der Waals surface area (Å²) in [5.74, 6) is 1.55. The fourth-order valence-electron chi connectivity index (χ4n) is 2.41. The number of carbonyl (C=O) groups excluding carboxylic acids is 1. The molecule has 0 unspecified atom stereocenters. The van der Waals surface area contributed by atoms with E-state index in [0.29, 0.717) is 24.7 Å². The minimum absolute atomic E-state index is 0.308. The number of hydrogen-bond acceptors (Lipinski definition) is 2. The second-order valence-electron chi connectivity index (χ2n) is 4.71. The summed E-state index contributed by atoms with van der Waals surface area (Å²) >= 11 is 0. The Bertz CT molecular complexity index is 339. The van der Waals surface area contributed by atoms with Crippen molar-refractivity contribution in [1.29, 1.82) is 0 Å². The molecule has 92 valence electrons. The fourth-order valence-corrected chi connectivity index (χ4v) is 2.41. The van der Waals surface area contributed by atoms with Crippen molar-refractivity contribution >= 4 is 5.78 Å². The lowest BCUT2D eigenvalue weighted by Crippen LogP contribution is -2.19. The lowest BCUT2D eigenvalue weighted by atomic mass is 9.85. The second-order valence-corrected chi connectivity index (χ2v) is 4.71. The van der Waals surface area contributed by atoms with Gasteiger partial charge in [-0.25, -0.2) is 0 Å². The highest BCUT2D eigenvalue weighted by atomic mass is 16.5. The van der Waals surface area contributed by atoms with Gasteiger partial charge >= 0.3 is 0 Å². The van der Waals surface area contributed by atoms with Crippen LogP contribution in [-0.4, -0.2) is 12.4 Å². The van der Waals surface area contributed by atoms with E-state index in [-0.39, 0.29) is 0 Å². The molecule has 0 bridgehead atoms. The maximum atomic E-state index is 11.9. The van der Waals surface area contributed by atoms with Gasteiger partial charge in [0.15, 0.2) is 0 Å². The number of hydrogen-bond donors (Lipinski definition) is 0. The van der Waals surface area contributed by atoms with Crippen molar-refractivity contribution in [3.05, 3.63) is 30.3 Å². The maximum absolute atomic E-state index is 11.9. The van der Waals surface area contributed by atoms with Gasteiger partial charge in [0.2, 0.25) is 0 Å². The van der Waals surface area contributed by atoms with E-state index >= 15 is 0 Å². The molecule has 2 heteroatoms. The molecule has 0 aliphatic heterocycles. The summed E-state index contributed by atoms with van der Waals surface area (Å²) in [6, 6.07) is 9.69. The van der Waals surface area contributed by atoms with Gasteiger partial charge < -0.3 is 4.74 Å². The molecular formula is C15H20O2. The van der Waals surface area contributed by atoms with E-state index in [1.807, 2.05) is 30.3 Å². The number of benzene rings is 1. The third-order valence-corrected chi connectivity index (χ3v) is 3.42. The zero-order chi connectivity index (χ0) is 11.9. The van der Waals surface area contributed by atoms with Gasteiger partial charge in [0.25, 0.3) is 0 Å². The van der Waals surface area contributed by atoms with E-state index in [0.717, 1.165) is 18.6 Å². The molecule has 0 aromatic heterocycles. The van der Waals surface area contributed by atoms with Gasteiger partial charge in [-0.3, -0.25) is 4.79 Å². The number of ether oxygens (including phenoxy) is 1. The van der Waals surface area contributed by atoms with Crippen molar-refractivity contribution in [3.8, 4) is 5.75 Å². The van der Waals surface area contributed by atoms with E-state index in [4.69, 9.17) is 4.74 Å². The van der Waals surface area contributed by atoms with Gasteiger partial charge in [0.1, 0.15) is 11.5 Å². The van der Waals surface area contributed by atoms with Crippen LogP contribution >= 0.6 is 0 Å².